The van der Waals surface area contributed by atoms with E-state index in [0.29, 0.717) is 12.2 Å². The number of anilines is 1. The first-order valence-corrected chi connectivity index (χ1v) is 6.46. The van der Waals surface area contributed by atoms with E-state index in [-0.39, 0.29) is 12.5 Å². The van der Waals surface area contributed by atoms with Gasteiger partial charge in [0.2, 0.25) is 5.91 Å². The molecule has 1 aromatic carbocycles. The van der Waals surface area contributed by atoms with Crippen LogP contribution in [0, 0.1) is 5.82 Å². The third kappa shape index (κ3) is 4.97. The quantitative estimate of drug-likeness (QED) is 0.802. The lowest BCUT2D eigenvalue weighted by atomic mass is 10.2. The number of hydrogen-bond acceptors (Lipinski definition) is 3. The predicted molar refractivity (Wildman–Crippen MR) is 74.0 cm³/mol. The molecule has 0 aliphatic rings. The molecule has 6 heteroatoms. The lowest BCUT2D eigenvalue weighted by Crippen LogP contribution is -2.44. The number of amides is 1. The second-order valence-corrected chi connectivity index (χ2v) is 4.54. The molecule has 0 saturated carbocycles. The fourth-order valence-corrected chi connectivity index (χ4v) is 1.85. The van der Waals surface area contributed by atoms with E-state index in [4.69, 9.17) is 5.11 Å². The highest BCUT2D eigenvalue weighted by Gasteiger charge is 2.22. The lowest BCUT2D eigenvalue weighted by Gasteiger charge is -2.26. The van der Waals surface area contributed by atoms with Crippen molar-refractivity contribution < 1.29 is 19.1 Å². The zero-order chi connectivity index (χ0) is 15.1. The maximum absolute atomic E-state index is 13.0. The van der Waals surface area contributed by atoms with E-state index < -0.39 is 17.8 Å². The summed E-state index contributed by atoms with van der Waals surface area (Å²) in [6, 6.07) is 4.97. The molecule has 0 radical (unpaired) electrons. The Labute approximate surface area is 117 Å². The van der Waals surface area contributed by atoms with Gasteiger partial charge in [0, 0.05) is 5.69 Å². The molecule has 0 spiro atoms. The number of carbonyl (C=O) groups excluding carboxylic acids is 1. The number of carboxylic acids is 1. The molecule has 1 aromatic rings. The van der Waals surface area contributed by atoms with Crippen molar-refractivity contribution in [3.05, 3.63) is 30.1 Å². The Bertz CT molecular complexity index is 479. The molecule has 0 heterocycles. The van der Waals surface area contributed by atoms with Crippen molar-refractivity contribution in [3.63, 3.8) is 0 Å². The van der Waals surface area contributed by atoms with Gasteiger partial charge in [0.1, 0.15) is 5.82 Å². The zero-order valence-corrected chi connectivity index (χ0v) is 11.6. The van der Waals surface area contributed by atoms with E-state index in [2.05, 4.69) is 5.32 Å². The highest BCUT2D eigenvalue weighted by atomic mass is 19.1. The number of rotatable bonds is 7. The van der Waals surface area contributed by atoms with Crippen LogP contribution in [0.4, 0.5) is 10.1 Å². The fourth-order valence-electron chi connectivity index (χ4n) is 1.85. The summed E-state index contributed by atoms with van der Waals surface area (Å²) in [5.41, 5.74) is 0.355. The number of halogens is 1. The van der Waals surface area contributed by atoms with Gasteiger partial charge in [0.15, 0.2) is 0 Å². The molecule has 0 aromatic heterocycles. The van der Waals surface area contributed by atoms with Gasteiger partial charge >= 0.3 is 5.97 Å². The van der Waals surface area contributed by atoms with Gasteiger partial charge in [-0.2, -0.15) is 0 Å². The average molecular weight is 282 g/mol. The molecule has 5 nitrogen and oxygen atoms in total. The van der Waals surface area contributed by atoms with Crippen molar-refractivity contribution in [1.29, 1.82) is 0 Å². The molecule has 1 unspecified atom stereocenters. The molecular formula is C14H19FN2O3. The molecular weight excluding hydrogens is 263 g/mol. The first kappa shape index (κ1) is 16.1. The molecule has 2 N–H and O–H groups in total. The SMILES string of the molecule is CCCN(CC(=O)O)C(C)C(=O)Nc1cccc(F)c1. The van der Waals surface area contributed by atoms with Crippen LogP contribution in [0.2, 0.25) is 0 Å². The monoisotopic (exact) mass is 282 g/mol. The first-order chi connectivity index (χ1) is 9.43. The summed E-state index contributed by atoms with van der Waals surface area (Å²) in [6.07, 6.45) is 0.741. The van der Waals surface area contributed by atoms with Crippen LogP contribution in [-0.4, -0.2) is 41.0 Å². The van der Waals surface area contributed by atoms with Gasteiger partial charge in [0.25, 0.3) is 0 Å². The van der Waals surface area contributed by atoms with Gasteiger partial charge in [-0.25, -0.2) is 4.39 Å². The summed E-state index contributed by atoms with van der Waals surface area (Å²) in [5.74, 6) is -1.78. The van der Waals surface area contributed by atoms with Crippen molar-refractivity contribution >= 4 is 17.6 Å². The van der Waals surface area contributed by atoms with E-state index in [1.165, 1.54) is 18.2 Å². The summed E-state index contributed by atoms with van der Waals surface area (Å²) in [4.78, 5) is 24.4. The van der Waals surface area contributed by atoms with E-state index in [0.717, 1.165) is 6.42 Å². The Kier molecular flexibility index (Phi) is 6.11. The van der Waals surface area contributed by atoms with Gasteiger partial charge in [-0.1, -0.05) is 13.0 Å². The van der Waals surface area contributed by atoms with Crippen LogP contribution >= 0.6 is 0 Å². The molecule has 0 aliphatic carbocycles. The van der Waals surface area contributed by atoms with E-state index in [1.807, 2.05) is 6.92 Å². The minimum Gasteiger partial charge on any atom is -0.480 e. The van der Waals surface area contributed by atoms with E-state index in [1.54, 1.807) is 17.9 Å². The Morgan fingerprint density at radius 2 is 2.15 bits per heavy atom. The maximum Gasteiger partial charge on any atom is 0.317 e. The topological polar surface area (TPSA) is 69.6 Å². The second-order valence-electron chi connectivity index (χ2n) is 4.54. The minimum absolute atomic E-state index is 0.203. The second kappa shape index (κ2) is 7.59. The van der Waals surface area contributed by atoms with Crippen molar-refractivity contribution in [3.8, 4) is 0 Å². The number of benzene rings is 1. The average Bonchev–Trinajstić information content (AvgIpc) is 2.36. The summed E-state index contributed by atoms with van der Waals surface area (Å²) in [5, 5.41) is 11.4. The van der Waals surface area contributed by atoms with Crippen LogP contribution in [-0.2, 0) is 9.59 Å². The molecule has 1 rings (SSSR count). The Balaban J connectivity index is 2.70. The zero-order valence-electron chi connectivity index (χ0n) is 11.6. The molecule has 0 aliphatic heterocycles. The Morgan fingerprint density at radius 1 is 1.45 bits per heavy atom. The normalized spacial score (nSPS) is 12.2. The van der Waals surface area contributed by atoms with Crippen molar-refractivity contribution in [2.45, 2.75) is 26.3 Å². The van der Waals surface area contributed by atoms with Crippen molar-refractivity contribution in [1.82, 2.24) is 4.90 Å². The largest absolute Gasteiger partial charge is 0.480 e. The third-order valence-corrected chi connectivity index (χ3v) is 2.87. The van der Waals surface area contributed by atoms with E-state index in [9.17, 15) is 14.0 Å². The molecule has 0 bridgehead atoms. The first-order valence-electron chi connectivity index (χ1n) is 6.46. The summed E-state index contributed by atoms with van der Waals surface area (Å²) < 4.78 is 13.0. The van der Waals surface area contributed by atoms with Crippen LogP contribution in [0.3, 0.4) is 0 Å². The number of nitrogens with one attached hydrogen (secondary N) is 1. The van der Waals surface area contributed by atoms with Crippen molar-refractivity contribution in [2.24, 2.45) is 0 Å². The highest BCUT2D eigenvalue weighted by Crippen LogP contribution is 2.11. The highest BCUT2D eigenvalue weighted by molar-refractivity contribution is 5.94. The van der Waals surface area contributed by atoms with Crippen LogP contribution in [0.1, 0.15) is 20.3 Å². The number of hydrogen-bond donors (Lipinski definition) is 2. The number of carbonyl (C=O) groups is 2. The smallest absolute Gasteiger partial charge is 0.317 e. The fraction of sp³-hybridized carbons (Fsp3) is 0.429. The third-order valence-electron chi connectivity index (χ3n) is 2.87. The van der Waals surface area contributed by atoms with Crippen LogP contribution < -0.4 is 5.32 Å². The van der Waals surface area contributed by atoms with Crippen LogP contribution in [0.5, 0.6) is 0 Å². The van der Waals surface area contributed by atoms with Gasteiger partial charge in [0.05, 0.1) is 12.6 Å². The summed E-state index contributed by atoms with van der Waals surface area (Å²) >= 11 is 0. The standard InChI is InChI=1S/C14H19FN2O3/c1-3-7-17(9-13(18)19)10(2)14(20)16-12-6-4-5-11(15)8-12/h4-6,8,10H,3,7,9H2,1-2H3,(H,16,20)(H,18,19). The molecule has 1 amide bonds. The number of carboxylic acid groups (broad SMARTS) is 1. The van der Waals surface area contributed by atoms with Crippen LogP contribution in [0.15, 0.2) is 24.3 Å². The summed E-state index contributed by atoms with van der Waals surface area (Å²) in [7, 11) is 0. The van der Waals surface area contributed by atoms with Crippen molar-refractivity contribution in [2.75, 3.05) is 18.4 Å². The van der Waals surface area contributed by atoms with Gasteiger partial charge in [-0.15, -0.1) is 0 Å². The van der Waals surface area contributed by atoms with Gasteiger partial charge < -0.3 is 10.4 Å². The predicted octanol–water partition coefficient (Wildman–Crippen LogP) is 1.95. The Hall–Kier alpha value is -1.95. The van der Waals surface area contributed by atoms with Gasteiger partial charge in [-0.05, 0) is 38.1 Å². The van der Waals surface area contributed by atoms with Gasteiger partial charge in [-0.3, -0.25) is 14.5 Å². The molecule has 110 valence electrons. The lowest BCUT2D eigenvalue weighted by molar-refractivity contribution is -0.139. The van der Waals surface area contributed by atoms with E-state index >= 15 is 0 Å². The van der Waals surface area contributed by atoms with Crippen LogP contribution in [0.25, 0.3) is 0 Å². The molecule has 0 fully saturated rings. The molecule has 20 heavy (non-hydrogen) atoms. The number of aliphatic carboxylic acids is 1. The number of nitrogens with zero attached hydrogens (tertiary/aromatic N) is 1. The Morgan fingerprint density at radius 3 is 2.70 bits per heavy atom. The molecule has 0 saturated heterocycles. The summed E-state index contributed by atoms with van der Waals surface area (Å²) in [6.45, 7) is 3.84. The minimum atomic E-state index is -0.983. The maximum atomic E-state index is 13.0. The molecule has 1 atom stereocenters.